The Morgan fingerprint density at radius 1 is 1.25 bits per heavy atom. The smallest absolute Gasteiger partial charge is 0.363 e. The number of hydrogen-bond acceptors (Lipinski definition) is 4. The van der Waals surface area contributed by atoms with Crippen molar-refractivity contribution in [3.63, 3.8) is 0 Å². The number of carbonyl (C=O) groups is 1. The van der Waals surface area contributed by atoms with E-state index in [1.807, 2.05) is 37.3 Å². The van der Waals surface area contributed by atoms with Gasteiger partial charge in [-0.3, -0.25) is 0 Å². The zero-order valence-electron chi connectivity index (χ0n) is 10.6. The van der Waals surface area contributed by atoms with Crippen LogP contribution in [0.25, 0.3) is 6.08 Å². The van der Waals surface area contributed by atoms with Gasteiger partial charge >= 0.3 is 5.97 Å². The van der Waals surface area contributed by atoms with Crippen molar-refractivity contribution in [1.82, 2.24) is 0 Å². The van der Waals surface area contributed by atoms with E-state index in [0.29, 0.717) is 11.7 Å². The maximum absolute atomic E-state index is 11.8. The molecule has 0 saturated carbocycles. The first-order chi connectivity index (χ1) is 9.61. The van der Waals surface area contributed by atoms with Gasteiger partial charge in [0.05, 0.1) is 0 Å². The molecule has 0 radical (unpaired) electrons. The SMILES string of the molecule is Cc1cccc(C2=NC(=Cc3ccc(I)o3)C(=O)O2)c1. The third-order valence-corrected chi connectivity index (χ3v) is 3.34. The minimum Gasteiger partial charge on any atom is -0.451 e. The van der Waals surface area contributed by atoms with E-state index in [0.717, 1.165) is 14.9 Å². The van der Waals surface area contributed by atoms with Crippen molar-refractivity contribution in [3.8, 4) is 0 Å². The molecule has 0 bridgehead atoms. The fraction of sp³-hybridized carbons (Fsp3) is 0.0667. The first kappa shape index (κ1) is 13.1. The molecule has 0 spiro atoms. The van der Waals surface area contributed by atoms with Gasteiger partial charge in [-0.2, -0.15) is 0 Å². The van der Waals surface area contributed by atoms with Crippen LogP contribution < -0.4 is 0 Å². The maximum Gasteiger partial charge on any atom is 0.363 e. The third-order valence-electron chi connectivity index (χ3n) is 2.76. The van der Waals surface area contributed by atoms with Gasteiger partial charge in [0.1, 0.15) is 5.76 Å². The predicted octanol–water partition coefficient (Wildman–Crippen LogP) is 3.54. The molecular weight excluding hydrogens is 369 g/mol. The Labute approximate surface area is 129 Å². The minimum atomic E-state index is -0.465. The molecular formula is C15H10INO3. The summed E-state index contributed by atoms with van der Waals surface area (Å²) in [7, 11) is 0. The molecule has 0 amide bonds. The van der Waals surface area contributed by atoms with Gasteiger partial charge in [-0.15, -0.1) is 0 Å². The molecule has 0 fully saturated rings. The Kier molecular flexibility index (Phi) is 3.43. The number of rotatable bonds is 2. The Bertz CT molecular complexity index is 743. The lowest BCUT2D eigenvalue weighted by Crippen LogP contribution is -2.05. The summed E-state index contributed by atoms with van der Waals surface area (Å²) < 4.78 is 11.3. The highest BCUT2D eigenvalue weighted by Gasteiger charge is 2.24. The number of carbonyl (C=O) groups excluding carboxylic acids is 1. The van der Waals surface area contributed by atoms with E-state index in [9.17, 15) is 4.79 Å². The molecule has 3 rings (SSSR count). The maximum atomic E-state index is 11.8. The van der Waals surface area contributed by atoms with E-state index in [1.165, 1.54) is 0 Å². The van der Waals surface area contributed by atoms with Gasteiger partial charge in [0.2, 0.25) is 5.90 Å². The summed E-state index contributed by atoms with van der Waals surface area (Å²) in [5, 5.41) is 0. The Hall–Kier alpha value is -1.89. The van der Waals surface area contributed by atoms with Gasteiger partial charge in [0.25, 0.3) is 0 Å². The van der Waals surface area contributed by atoms with Crippen LogP contribution in [0.3, 0.4) is 0 Å². The van der Waals surface area contributed by atoms with Crippen LogP contribution in [0.2, 0.25) is 0 Å². The topological polar surface area (TPSA) is 51.8 Å². The molecule has 4 nitrogen and oxygen atoms in total. The monoisotopic (exact) mass is 379 g/mol. The Morgan fingerprint density at radius 2 is 2.10 bits per heavy atom. The molecule has 0 N–H and O–H groups in total. The Balaban J connectivity index is 1.94. The number of halogens is 1. The number of hydrogen-bond donors (Lipinski definition) is 0. The van der Waals surface area contributed by atoms with E-state index in [2.05, 4.69) is 27.6 Å². The molecule has 100 valence electrons. The molecule has 2 aromatic rings. The highest BCUT2D eigenvalue weighted by atomic mass is 127. The van der Waals surface area contributed by atoms with Crippen molar-refractivity contribution in [2.45, 2.75) is 6.92 Å². The number of esters is 1. The largest absolute Gasteiger partial charge is 0.451 e. The van der Waals surface area contributed by atoms with Crippen LogP contribution in [0.5, 0.6) is 0 Å². The third kappa shape index (κ3) is 2.67. The second-order valence-corrected chi connectivity index (χ2v) is 5.41. The number of aryl methyl sites for hydroxylation is 1. The van der Waals surface area contributed by atoms with Crippen molar-refractivity contribution in [1.29, 1.82) is 0 Å². The van der Waals surface area contributed by atoms with Gasteiger partial charge in [-0.25, -0.2) is 9.79 Å². The predicted molar refractivity (Wildman–Crippen MR) is 83.2 cm³/mol. The lowest BCUT2D eigenvalue weighted by atomic mass is 10.1. The van der Waals surface area contributed by atoms with Crippen LogP contribution in [0, 0.1) is 10.7 Å². The van der Waals surface area contributed by atoms with Gasteiger partial charge in [0, 0.05) is 11.6 Å². The zero-order chi connectivity index (χ0) is 14.1. The van der Waals surface area contributed by atoms with E-state index in [-0.39, 0.29) is 5.70 Å². The standard InChI is InChI=1S/C15H10INO3/c1-9-3-2-4-10(7-9)14-17-12(15(18)20-14)8-11-5-6-13(16)19-11/h2-8H,1H3. The number of cyclic esters (lactones) is 1. The number of ether oxygens (including phenoxy) is 1. The van der Waals surface area contributed by atoms with Crippen molar-refractivity contribution in [3.05, 3.63) is 62.7 Å². The van der Waals surface area contributed by atoms with Gasteiger partial charge in [0.15, 0.2) is 9.46 Å². The molecule has 0 atom stereocenters. The normalized spacial score (nSPS) is 16.4. The van der Waals surface area contributed by atoms with Crippen molar-refractivity contribution >= 4 is 40.5 Å². The number of aliphatic imine (C=N–C) groups is 1. The lowest BCUT2D eigenvalue weighted by Gasteiger charge is -1.99. The second kappa shape index (κ2) is 5.24. The minimum absolute atomic E-state index is 0.243. The quantitative estimate of drug-likeness (QED) is 0.456. The summed E-state index contributed by atoms with van der Waals surface area (Å²) in [5.74, 6) is 0.440. The second-order valence-electron chi connectivity index (χ2n) is 4.35. The lowest BCUT2D eigenvalue weighted by molar-refractivity contribution is -0.129. The van der Waals surface area contributed by atoms with Crippen LogP contribution in [-0.2, 0) is 9.53 Å². The fourth-order valence-corrected chi connectivity index (χ4v) is 2.29. The fourth-order valence-electron chi connectivity index (χ4n) is 1.85. The summed E-state index contributed by atoms with van der Waals surface area (Å²) in [6.45, 7) is 1.97. The van der Waals surface area contributed by atoms with Crippen LogP contribution in [0.4, 0.5) is 0 Å². The average molecular weight is 379 g/mol. The summed E-state index contributed by atoms with van der Waals surface area (Å²) in [6.07, 6.45) is 1.58. The van der Waals surface area contributed by atoms with Crippen molar-refractivity contribution in [2.24, 2.45) is 4.99 Å². The molecule has 20 heavy (non-hydrogen) atoms. The van der Waals surface area contributed by atoms with Crippen molar-refractivity contribution < 1.29 is 13.9 Å². The van der Waals surface area contributed by atoms with Gasteiger partial charge < -0.3 is 9.15 Å². The molecule has 0 unspecified atom stereocenters. The molecule has 1 aromatic carbocycles. The first-order valence-electron chi connectivity index (χ1n) is 5.97. The van der Waals surface area contributed by atoms with Gasteiger partial charge in [-0.1, -0.05) is 17.7 Å². The summed E-state index contributed by atoms with van der Waals surface area (Å²) >= 11 is 2.06. The van der Waals surface area contributed by atoms with E-state index in [4.69, 9.17) is 9.15 Å². The highest BCUT2D eigenvalue weighted by Crippen LogP contribution is 2.21. The molecule has 1 aliphatic rings. The van der Waals surface area contributed by atoms with Crippen molar-refractivity contribution in [2.75, 3.05) is 0 Å². The number of benzene rings is 1. The summed E-state index contributed by atoms with van der Waals surface area (Å²) in [4.78, 5) is 16.0. The molecule has 5 heteroatoms. The Morgan fingerprint density at radius 3 is 2.80 bits per heavy atom. The van der Waals surface area contributed by atoms with Crippen LogP contribution in [0.15, 0.2) is 51.5 Å². The molecule has 1 aliphatic heterocycles. The molecule has 2 heterocycles. The average Bonchev–Trinajstić information content (AvgIpc) is 2.97. The summed E-state index contributed by atoms with van der Waals surface area (Å²) in [6, 6.07) is 11.3. The van der Waals surface area contributed by atoms with Crippen LogP contribution in [0.1, 0.15) is 16.9 Å². The summed E-state index contributed by atoms with van der Waals surface area (Å²) in [5.41, 5.74) is 2.11. The molecule has 0 saturated heterocycles. The zero-order valence-corrected chi connectivity index (χ0v) is 12.7. The number of nitrogens with zero attached hydrogens (tertiary/aromatic N) is 1. The van der Waals surface area contributed by atoms with E-state index >= 15 is 0 Å². The van der Waals surface area contributed by atoms with E-state index < -0.39 is 5.97 Å². The van der Waals surface area contributed by atoms with E-state index in [1.54, 1.807) is 12.1 Å². The first-order valence-corrected chi connectivity index (χ1v) is 7.04. The van der Waals surface area contributed by atoms with Gasteiger partial charge in [-0.05, 0) is 53.8 Å². The van der Waals surface area contributed by atoms with Crippen LogP contribution in [-0.4, -0.2) is 11.9 Å². The van der Waals surface area contributed by atoms with Crippen LogP contribution >= 0.6 is 22.6 Å². The molecule has 0 aliphatic carbocycles. The molecule has 1 aromatic heterocycles. The number of furan rings is 1. The highest BCUT2D eigenvalue weighted by molar-refractivity contribution is 14.1.